The number of hydrogen-bond acceptors (Lipinski definition) is 3. The van der Waals surface area contributed by atoms with Crippen molar-refractivity contribution in [3.8, 4) is 0 Å². The molecule has 0 saturated carbocycles. The van der Waals surface area contributed by atoms with Crippen molar-refractivity contribution in [3.63, 3.8) is 0 Å². The fraction of sp³-hybridized carbons (Fsp3) is 0.588. The first-order chi connectivity index (χ1) is 10.2. The molecule has 4 nitrogen and oxygen atoms in total. The number of likely N-dealkylation sites (tertiary alicyclic amines) is 1. The summed E-state index contributed by atoms with van der Waals surface area (Å²) in [5.74, 6) is -0.877. The minimum absolute atomic E-state index is 0.127. The number of carbonyl (C=O) groups is 1. The number of rotatable bonds is 8. The van der Waals surface area contributed by atoms with Gasteiger partial charge in [0.1, 0.15) is 6.61 Å². The molecule has 1 aliphatic rings. The van der Waals surface area contributed by atoms with Gasteiger partial charge in [0.15, 0.2) is 0 Å². The summed E-state index contributed by atoms with van der Waals surface area (Å²) in [6.45, 7) is 3.02. The molecule has 2 rings (SSSR count). The molecule has 0 unspecified atom stereocenters. The van der Waals surface area contributed by atoms with E-state index < -0.39 is 5.97 Å². The maximum absolute atomic E-state index is 10.5. The van der Waals surface area contributed by atoms with Gasteiger partial charge in [-0.2, -0.15) is 0 Å². The van der Waals surface area contributed by atoms with Crippen LogP contribution in [0.3, 0.4) is 0 Å². The molecule has 21 heavy (non-hydrogen) atoms. The Balaban J connectivity index is 1.54. The van der Waals surface area contributed by atoms with Crippen molar-refractivity contribution in [2.45, 2.75) is 38.2 Å². The summed E-state index contributed by atoms with van der Waals surface area (Å²) < 4.78 is 5.35. The van der Waals surface area contributed by atoms with Gasteiger partial charge in [0, 0.05) is 13.1 Å². The lowest BCUT2D eigenvalue weighted by atomic mass is 10.1. The largest absolute Gasteiger partial charge is 0.480 e. The van der Waals surface area contributed by atoms with Gasteiger partial charge in [0.25, 0.3) is 0 Å². The average molecular weight is 291 g/mol. The molecular weight excluding hydrogens is 266 g/mol. The summed E-state index contributed by atoms with van der Waals surface area (Å²) in [7, 11) is 0. The number of piperidine rings is 1. The maximum atomic E-state index is 10.5. The zero-order chi connectivity index (χ0) is 14.9. The first-order valence-electron chi connectivity index (χ1n) is 7.84. The minimum Gasteiger partial charge on any atom is -0.480 e. The predicted molar refractivity (Wildman–Crippen MR) is 82.4 cm³/mol. The fourth-order valence-electron chi connectivity index (χ4n) is 2.80. The lowest BCUT2D eigenvalue weighted by molar-refractivity contribution is -0.145. The lowest BCUT2D eigenvalue weighted by Gasteiger charge is -2.31. The third-order valence-electron chi connectivity index (χ3n) is 4.01. The van der Waals surface area contributed by atoms with Gasteiger partial charge in [-0.05, 0) is 44.2 Å². The Morgan fingerprint density at radius 1 is 1.19 bits per heavy atom. The Labute approximate surface area is 126 Å². The Kier molecular flexibility index (Phi) is 6.70. The molecule has 4 heteroatoms. The highest BCUT2D eigenvalue weighted by atomic mass is 16.5. The van der Waals surface area contributed by atoms with E-state index in [1.54, 1.807) is 0 Å². The maximum Gasteiger partial charge on any atom is 0.329 e. The smallest absolute Gasteiger partial charge is 0.329 e. The third kappa shape index (κ3) is 6.27. The highest BCUT2D eigenvalue weighted by Gasteiger charge is 2.19. The molecule has 0 atom stereocenters. The minimum atomic E-state index is -0.877. The number of aryl methyl sites for hydroxylation is 1. The topological polar surface area (TPSA) is 49.8 Å². The van der Waals surface area contributed by atoms with Gasteiger partial charge in [0.05, 0.1) is 6.10 Å². The van der Waals surface area contributed by atoms with Crippen molar-refractivity contribution in [1.82, 2.24) is 4.90 Å². The number of carboxylic acid groups (broad SMARTS) is 1. The van der Waals surface area contributed by atoms with Crippen LogP contribution in [0.1, 0.15) is 31.2 Å². The van der Waals surface area contributed by atoms with Gasteiger partial charge in [-0.3, -0.25) is 0 Å². The number of ether oxygens (including phenoxy) is 1. The van der Waals surface area contributed by atoms with Crippen LogP contribution >= 0.6 is 0 Å². The molecule has 1 aliphatic heterocycles. The van der Waals surface area contributed by atoms with E-state index in [1.807, 2.05) is 0 Å². The molecule has 1 saturated heterocycles. The zero-order valence-electron chi connectivity index (χ0n) is 12.5. The second kappa shape index (κ2) is 8.80. The van der Waals surface area contributed by atoms with Crippen LogP contribution in [0.5, 0.6) is 0 Å². The normalized spacial score (nSPS) is 17.0. The van der Waals surface area contributed by atoms with Crippen LogP contribution in [-0.4, -0.2) is 48.3 Å². The van der Waals surface area contributed by atoms with Crippen molar-refractivity contribution in [2.75, 3.05) is 26.2 Å². The molecule has 1 N–H and O–H groups in total. The predicted octanol–water partition coefficient (Wildman–Crippen LogP) is 2.57. The molecule has 0 amide bonds. The molecule has 1 aromatic carbocycles. The molecule has 0 bridgehead atoms. The van der Waals surface area contributed by atoms with Gasteiger partial charge >= 0.3 is 5.97 Å². The summed E-state index contributed by atoms with van der Waals surface area (Å²) in [5.41, 5.74) is 1.42. The monoisotopic (exact) mass is 291 g/mol. The van der Waals surface area contributed by atoms with E-state index in [-0.39, 0.29) is 12.7 Å². The molecule has 0 spiro atoms. The van der Waals surface area contributed by atoms with Crippen LogP contribution in [0.15, 0.2) is 30.3 Å². The van der Waals surface area contributed by atoms with Crippen LogP contribution in [0, 0.1) is 0 Å². The Hall–Kier alpha value is -1.39. The molecule has 0 aromatic heterocycles. The van der Waals surface area contributed by atoms with E-state index in [9.17, 15) is 4.79 Å². The molecule has 0 aliphatic carbocycles. The summed E-state index contributed by atoms with van der Waals surface area (Å²) >= 11 is 0. The van der Waals surface area contributed by atoms with Gasteiger partial charge in [-0.1, -0.05) is 30.3 Å². The summed E-state index contributed by atoms with van der Waals surface area (Å²) in [4.78, 5) is 12.9. The molecule has 1 fully saturated rings. The van der Waals surface area contributed by atoms with Gasteiger partial charge in [0.2, 0.25) is 0 Å². The van der Waals surface area contributed by atoms with Gasteiger partial charge < -0.3 is 14.7 Å². The summed E-state index contributed by atoms with van der Waals surface area (Å²) in [5, 5.41) is 8.60. The van der Waals surface area contributed by atoms with Gasteiger partial charge in [-0.15, -0.1) is 0 Å². The van der Waals surface area contributed by atoms with E-state index in [4.69, 9.17) is 9.84 Å². The van der Waals surface area contributed by atoms with Crippen molar-refractivity contribution in [1.29, 1.82) is 0 Å². The Morgan fingerprint density at radius 2 is 1.90 bits per heavy atom. The number of benzene rings is 1. The Bertz CT molecular complexity index is 413. The van der Waals surface area contributed by atoms with Crippen molar-refractivity contribution >= 4 is 5.97 Å². The Morgan fingerprint density at radius 3 is 2.57 bits per heavy atom. The fourth-order valence-corrected chi connectivity index (χ4v) is 2.80. The highest BCUT2D eigenvalue weighted by Crippen LogP contribution is 2.14. The number of hydrogen-bond donors (Lipinski definition) is 1. The van der Waals surface area contributed by atoms with Crippen LogP contribution in [0.2, 0.25) is 0 Å². The number of carboxylic acids is 1. The second-order valence-electron chi connectivity index (χ2n) is 5.69. The van der Waals surface area contributed by atoms with Crippen LogP contribution < -0.4 is 0 Å². The standard InChI is InChI=1S/C17H25NO3/c19-17(20)14-21-16-9-12-18(13-10-16)11-5-4-8-15-6-2-1-3-7-15/h1-3,6-7,16H,4-5,8-14H2,(H,19,20). The van der Waals surface area contributed by atoms with Crippen molar-refractivity contribution in [2.24, 2.45) is 0 Å². The first kappa shape index (κ1) is 16.0. The van der Waals surface area contributed by atoms with Gasteiger partial charge in [-0.25, -0.2) is 4.79 Å². The van der Waals surface area contributed by atoms with Crippen LogP contribution in [0.4, 0.5) is 0 Å². The first-order valence-corrected chi connectivity index (χ1v) is 7.84. The van der Waals surface area contributed by atoms with Crippen LogP contribution in [0.25, 0.3) is 0 Å². The molecule has 0 radical (unpaired) electrons. The average Bonchev–Trinajstić information content (AvgIpc) is 2.52. The van der Waals surface area contributed by atoms with Crippen LogP contribution in [-0.2, 0) is 16.0 Å². The molecule has 1 aromatic rings. The number of nitrogens with zero attached hydrogens (tertiary/aromatic N) is 1. The van der Waals surface area contributed by atoms with E-state index in [2.05, 4.69) is 35.2 Å². The lowest BCUT2D eigenvalue weighted by Crippen LogP contribution is -2.38. The quantitative estimate of drug-likeness (QED) is 0.748. The van der Waals surface area contributed by atoms with E-state index >= 15 is 0 Å². The molecule has 1 heterocycles. The third-order valence-corrected chi connectivity index (χ3v) is 4.01. The second-order valence-corrected chi connectivity index (χ2v) is 5.69. The van der Waals surface area contributed by atoms with E-state index in [1.165, 1.54) is 18.4 Å². The number of unbranched alkanes of at least 4 members (excludes halogenated alkanes) is 1. The van der Waals surface area contributed by atoms with Crippen molar-refractivity contribution in [3.05, 3.63) is 35.9 Å². The van der Waals surface area contributed by atoms with Crippen molar-refractivity contribution < 1.29 is 14.6 Å². The molecular formula is C17H25NO3. The highest BCUT2D eigenvalue weighted by molar-refractivity contribution is 5.68. The number of aliphatic carboxylic acids is 1. The van der Waals surface area contributed by atoms with E-state index in [0.29, 0.717) is 0 Å². The SMILES string of the molecule is O=C(O)COC1CCN(CCCCc2ccccc2)CC1. The summed E-state index contributed by atoms with van der Waals surface area (Å²) in [6, 6.07) is 10.6. The zero-order valence-corrected chi connectivity index (χ0v) is 12.5. The summed E-state index contributed by atoms with van der Waals surface area (Å²) in [6.07, 6.45) is 5.62. The molecule has 116 valence electrons. The van der Waals surface area contributed by atoms with E-state index in [0.717, 1.165) is 38.9 Å².